The van der Waals surface area contributed by atoms with E-state index in [1.54, 1.807) is 24.4 Å². The van der Waals surface area contributed by atoms with Crippen molar-refractivity contribution in [3.63, 3.8) is 0 Å². The van der Waals surface area contributed by atoms with Crippen molar-refractivity contribution < 1.29 is 24.6 Å². The van der Waals surface area contributed by atoms with Gasteiger partial charge in [-0.25, -0.2) is 4.79 Å². The predicted octanol–water partition coefficient (Wildman–Crippen LogP) is 1.24. The molecule has 3 rings (SSSR count). The number of hydrogen-bond acceptors (Lipinski definition) is 4. The Bertz CT molecular complexity index is 690. The Morgan fingerprint density at radius 3 is 2.35 bits per heavy atom. The van der Waals surface area contributed by atoms with Crippen molar-refractivity contribution in [1.29, 1.82) is 0 Å². The number of aromatic hydroxyl groups is 1. The molecule has 20 heavy (non-hydrogen) atoms. The van der Waals surface area contributed by atoms with Gasteiger partial charge in [0, 0.05) is 6.20 Å². The molecule has 4 N–H and O–H groups in total. The zero-order chi connectivity index (χ0) is 14.7. The Balaban J connectivity index is 0.000000147. The molecule has 0 unspecified atom stereocenters. The lowest BCUT2D eigenvalue weighted by Gasteiger charge is -1.95. The number of fused-ring (bicyclic) bond motifs is 1. The average molecular weight is 274 g/mol. The second-order valence-corrected chi connectivity index (χ2v) is 3.87. The second-order valence-electron chi connectivity index (χ2n) is 3.87. The Morgan fingerprint density at radius 1 is 1.10 bits per heavy atom. The van der Waals surface area contributed by atoms with Gasteiger partial charge in [0.1, 0.15) is 17.0 Å². The van der Waals surface area contributed by atoms with E-state index >= 15 is 0 Å². The highest BCUT2D eigenvalue weighted by molar-refractivity contribution is 6.51. The first kappa shape index (κ1) is 13.3. The second kappa shape index (κ2) is 5.27. The van der Waals surface area contributed by atoms with Gasteiger partial charge >= 0.3 is 5.97 Å². The van der Waals surface area contributed by atoms with Crippen LogP contribution in [0.4, 0.5) is 5.69 Å². The highest BCUT2D eigenvalue weighted by Gasteiger charge is 2.28. The number of ketones is 1. The molecule has 7 heteroatoms. The molecule has 0 saturated carbocycles. The fourth-order valence-electron chi connectivity index (χ4n) is 1.61. The van der Waals surface area contributed by atoms with E-state index in [1.165, 1.54) is 12.1 Å². The van der Waals surface area contributed by atoms with Gasteiger partial charge in [-0.2, -0.15) is 0 Å². The third kappa shape index (κ3) is 2.51. The van der Waals surface area contributed by atoms with Gasteiger partial charge in [-0.05, 0) is 18.2 Å². The van der Waals surface area contributed by atoms with Crippen molar-refractivity contribution >= 4 is 23.3 Å². The maximum Gasteiger partial charge on any atom is 0.339 e. The molecule has 1 aliphatic rings. The van der Waals surface area contributed by atoms with Crippen molar-refractivity contribution in [2.24, 2.45) is 0 Å². The first-order valence-electron chi connectivity index (χ1n) is 5.55. The number of anilines is 1. The minimum atomic E-state index is -1.11. The number of hydrogen-bond donors (Lipinski definition) is 4. The summed E-state index contributed by atoms with van der Waals surface area (Å²) < 4.78 is 0. The van der Waals surface area contributed by atoms with Crippen LogP contribution in [0.1, 0.15) is 20.8 Å². The van der Waals surface area contributed by atoms with E-state index in [1.807, 2.05) is 0 Å². The molecule has 0 fully saturated rings. The van der Waals surface area contributed by atoms with Gasteiger partial charge in [0.25, 0.3) is 11.7 Å². The lowest BCUT2D eigenvalue weighted by molar-refractivity contribution is -0.112. The fourth-order valence-corrected chi connectivity index (χ4v) is 1.61. The lowest BCUT2D eigenvalue weighted by atomic mass is 10.2. The summed E-state index contributed by atoms with van der Waals surface area (Å²) in [5.41, 5.74) is 0.877. The smallest absolute Gasteiger partial charge is 0.339 e. The molecule has 102 valence electrons. The van der Waals surface area contributed by atoms with E-state index in [9.17, 15) is 14.4 Å². The van der Waals surface area contributed by atoms with Gasteiger partial charge in [0.05, 0.1) is 5.69 Å². The Hall–Kier alpha value is -3.09. The number of aromatic carboxylic acids is 1. The molecule has 2 aromatic rings. The zero-order valence-electron chi connectivity index (χ0n) is 10.1. The van der Waals surface area contributed by atoms with Crippen LogP contribution < -0.4 is 5.32 Å². The Labute approximate surface area is 112 Å². The van der Waals surface area contributed by atoms with Gasteiger partial charge in [0.15, 0.2) is 0 Å². The average Bonchev–Trinajstić information content (AvgIpc) is 2.95. The number of H-pyrrole nitrogens is 1. The van der Waals surface area contributed by atoms with Gasteiger partial charge in [-0.3, -0.25) is 9.59 Å². The van der Waals surface area contributed by atoms with Crippen LogP contribution in [0.2, 0.25) is 0 Å². The number of rotatable bonds is 1. The quantitative estimate of drug-likeness (QED) is 0.583. The molecule has 0 radical (unpaired) electrons. The maximum absolute atomic E-state index is 10.8. The SMILES string of the molecule is O=C(O)c1ccccc1O.O=C1Nc2cc[nH]c2C1=O. The molecule has 1 amide bonds. The molecular weight excluding hydrogens is 264 g/mol. The summed E-state index contributed by atoms with van der Waals surface area (Å²) in [5, 5.41) is 19.7. The normalized spacial score (nSPS) is 12.2. The number of phenols is 1. The first-order chi connectivity index (χ1) is 9.50. The maximum atomic E-state index is 10.8. The van der Waals surface area contributed by atoms with Crippen LogP contribution in [0.15, 0.2) is 36.5 Å². The molecule has 0 spiro atoms. The number of carboxylic acids is 1. The molecule has 0 saturated heterocycles. The number of carbonyl (C=O) groups is 3. The number of para-hydroxylation sites is 1. The number of carbonyl (C=O) groups excluding carboxylic acids is 2. The van der Waals surface area contributed by atoms with Crippen LogP contribution in [0, 0.1) is 0 Å². The fraction of sp³-hybridized carbons (Fsp3) is 0. The van der Waals surface area contributed by atoms with Gasteiger partial charge in [-0.15, -0.1) is 0 Å². The molecule has 0 aliphatic carbocycles. The molecule has 1 aromatic heterocycles. The summed E-state index contributed by atoms with van der Waals surface area (Å²) in [6.07, 6.45) is 1.61. The van der Waals surface area contributed by atoms with E-state index in [0.29, 0.717) is 11.4 Å². The van der Waals surface area contributed by atoms with Crippen molar-refractivity contribution in [3.05, 3.63) is 47.8 Å². The van der Waals surface area contributed by atoms with E-state index in [2.05, 4.69) is 10.3 Å². The third-order valence-electron chi connectivity index (χ3n) is 2.56. The summed E-state index contributed by atoms with van der Waals surface area (Å²) in [5.74, 6) is -2.35. The number of nitrogens with one attached hydrogen (secondary N) is 2. The summed E-state index contributed by atoms with van der Waals surface area (Å²) >= 11 is 0. The molecule has 0 bridgehead atoms. The summed E-state index contributed by atoms with van der Waals surface area (Å²) in [4.78, 5) is 34.4. The van der Waals surface area contributed by atoms with Crippen molar-refractivity contribution in [2.45, 2.75) is 0 Å². The number of amides is 1. The van der Waals surface area contributed by atoms with Crippen LogP contribution in [0.25, 0.3) is 0 Å². The largest absolute Gasteiger partial charge is 0.507 e. The van der Waals surface area contributed by atoms with Crippen LogP contribution in [0.3, 0.4) is 0 Å². The van der Waals surface area contributed by atoms with Crippen molar-refractivity contribution in [2.75, 3.05) is 5.32 Å². The Morgan fingerprint density at radius 2 is 1.80 bits per heavy atom. The Kier molecular flexibility index (Phi) is 3.52. The van der Waals surface area contributed by atoms with E-state index in [0.717, 1.165) is 0 Å². The van der Waals surface area contributed by atoms with Crippen LogP contribution >= 0.6 is 0 Å². The number of benzene rings is 1. The zero-order valence-corrected chi connectivity index (χ0v) is 10.1. The first-order valence-corrected chi connectivity index (χ1v) is 5.55. The summed E-state index contributed by atoms with van der Waals surface area (Å²) in [6, 6.07) is 7.46. The minimum absolute atomic E-state index is 0.0671. The molecule has 1 aliphatic heterocycles. The standard InChI is InChI=1S/C7H6O3.C6H4N2O2/c8-6-4-2-1-3-5(6)7(9)10;9-5-4-3(1-2-7-4)8-6(5)10/h1-4,8H,(H,9,10);1-2,7H,(H,8,9,10). The number of aromatic nitrogens is 1. The van der Waals surface area contributed by atoms with Crippen LogP contribution in [-0.2, 0) is 4.79 Å². The third-order valence-corrected chi connectivity index (χ3v) is 2.56. The number of aromatic amines is 1. The molecular formula is C13H10N2O5. The van der Waals surface area contributed by atoms with E-state index < -0.39 is 17.7 Å². The number of Topliss-reactive ketones (excluding diaryl/α,β-unsaturated/α-hetero) is 1. The van der Waals surface area contributed by atoms with Gasteiger partial charge in [-0.1, -0.05) is 12.1 Å². The van der Waals surface area contributed by atoms with Gasteiger partial charge in [0.2, 0.25) is 0 Å². The molecule has 0 atom stereocenters. The monoisotopic (exact) mass is 274 g/mol. The van der Waals surface area contributed by atoms with Gasteiger partial charge < -0.3 is 20.5 Å². The van der Waals surface area contributed by atoms with Crippen molar-refractivity contribution in [1.82, 2.24) is 4.98 Å². The highest BCUT2D eigenvalue weighted by Crippen LogP contribution is 2.19. The van der Waals surface area contributed by atoms with Crippen LogP contribution in [0.5, 0.6) is 5.75 Å². The molecule has 1 aromatic carbocycles. The minimum Gasteiger partial charge on any atom is -0.507 e. The lowest BCUT2D eigenvalue weighted by Crippen LogP contribution is -2.13. The topological polar surface area (TPSA) is 119 Å². The van der Waals surface area contributed by atoms with E-state index in [4.69, 9.17) is 10.2 Å². The van der Waals surface area contributed by atoms with E-state index in [-0.39, 0.29) is 11.3 Å². The van der Waals surface area contributed by atoms with Crippen LogP contribution in [-0.4, -0.2) is 32.9 Å². The highest BCUT2D eigenvalue weighted by atomic mass is 16.4. The number of carboxylic acid groups (broad SMARTS) is 1. The summed E-state index contributed by atoms with van der Waals surface area (Å²) in [7, 11) is 0. The predicted molar refractivity (Wildman–Crippen MR) is 68.8 cm³/mol. The molecule has 7 nitrogen and oxygen atoms in total. The summed E-state index contributed by atoms with van der Waals surface area (Å²) in [6.45, 7) is 0. The van der Waals surface area contributed by atoms with Crippen molar-refractivity contribution in [3.8, 4) is 5.75 Å². The molecule has 2 heterocycles.